The fourth-order valence-electron chi connectivity index (χ4n) is 2.53. The lowest BCUT2D eigenvalue weighted by Gasteiger charge is -2.28. The zero-order valence-corrected chi connectivity index (χ0v) is 11.9. The van der Waals surface area contributed by atoms with Crippen LogP contribution < -0.4 is 0 Å². The lowest BCUT2D eigenvalue weighted by molar-refractivity contribution is -0.511. The van der Waals surface area contributed by atoms with Crippen LogP contribution in [0, 0.1) is 16.0 Å². The topological polar surface area (TPSA) is 78.7 Å². The van der Waals surface area contributed by atoms with Gasteiger partial charge in [-0.1, -0.05) is 19.3 Å². The molecule has 1 saturated carbocycles. The molecule has 0 heterocycles. The van der Waals surface area contributed by atoms with Gasteiger partial charge in [-0.15, -0.1) is 0 Å². The van der Waals surface area contributed by atoms with Crippen LogP contribution in [0.4, 0.5) is 0 Å². The van der Waals surface area contributed by atoms with Crippen LogP contribution in [-0.4, -0.2) is 23.9 Å². The normalized spacial score (nSPS) is 19.7. The summed E-state index contributed by atoms with van der Waals surface area (Å²) < 4.78 is 22.8. The van der Waals surface area contributed by atoms with Gasteiger partial charge in [-0.25, -0.2) is 0 Å². The molecule has 0 spiro atoms. The van der Waals surface area contributed by atoms with Crippen LogP contribution in [-0.2, 0) is 13.6 Å². The molecule has 0 radical (unpaired) electrons. The predicted octanol–water partition coefficient (Wildman–Crippen LogP) is 3.44. The van der Waals surface area contributed by atoms with Gasteiger partial charge in [0.2, 0.25) is 0 Å². The smallest absolute Gasteiger partial charge is 0.304 e. The molecule has 1 aliphatic carbocycles. The van der Waals surface area contributed by atoms with Crippen molar-refractivity contribution in [3.8, 4) is 0 Å². The molecule has 0 saturated heterocycles. The van der Waals surface area contributed by atoms with Gasteiger partial charge in [0.1, 0.15) is 0 Å². The molecule has 0 amide bonds. The van der Waals surface area contributed by atoms with Crippen molar-refractivity contribution < 1.29 is 18.5 Å². The van der Waals surface area contributed by atoms with Gasteiger partial charge in [-0.05, 0) is 26.7 Å². The van der Waals surface area contributed by atoms with Crippen LogP contribution >= 0.6 is 7.60 Å². The maximum atomic E-state index is 12.6. The average Bonchev–Trinajstić information content (AvgIpc) is 2.30. The minimum atomic E-state index is -3.65. The van der Waals surface area contributed by atoms with Gasteiger partial charge in [-0.3, -0.25) is 14.7 Å². The Hall–Kier alpha value is -0.450. The molecule has 0 unspecified atom stereocenters. The summed E-state index contributed by atoms with van der Waals surface area (Å²) in [5.74, 6) is -1.41. The SMILES string of the molecule is CCOP(=O)(OCC)[C@H](C1CCCCC1)[N+](=O)[O-]. The van der Waals surface area contributed by atoms with E-state index in [0.717, 1.165) is 32.1 Å². The van der Waals surface area contributed by atoms with Crippen LogP contribution in [0.5, 0.6) is 0 Å². The van der Waals surface area contributed by atoms with Crippen LogP contribution in [0.25, 0.3) is 0 Å². The highest BCUT2D eigenvalue weighted by Gasteiger charge is 2.50. The molecule has 0 aromatic heterocycles. The molecule has 7 heteroatoms. The summed E-state index contributed by atoms with van der Waals surface area (Å²) in [6.07, 6.45) is 4.46. The fourth-order valence-corrected chi connectivity index (χ4v) is 4.67. The standard InChI is InChI=1S/C11H22NO5P/c1-3-16-18(15,17-4-2)11(12(13)14)10-8-6-5-7-9-10/h10-11H,3-9H2,1-2H3/t11-/m1/s1. The number of hydrogen-bond donors (Lipinski definition) is 0. The molecule has 0 N–H and O–H groups in total. The number of nitro groups is 1. The van der Waals surface area contributed by atoms with Crippen molar-refractivity contribution >= 4 is 7.60 Å². The van der Waals surface area contributed by atoms with Crippen molar-refractivity contribution in [1.82, 2.24) is 0 Å². The first-order valence-corrected chi connectivity index (χ1v) is 8.18. The molecule has 0 aromatic carbocycles. The molecule has 6 nitrogen and oxygen atoms in total. The summed E-state index contributed by atoms with van der Waals surface area (Å²) >= 11 is 0. The van der Waals surface area contributed by atoms with E-state index in [1.165, 1.54) is 0 Å². The second-order valence-electron chi connectivity index (χ2n) is 4.47. The summed E-state index contributed by atoms with van der Waals surface area (Å²) in [5.41, 5.74) is 0. The Morgan fingerprint density at radius 1 is 1.22 bits per heavy atom. The highest BCUT2D eigenvalue weighted by Crippen LogP contribution is 2.57. The maximum Gasteiger partial charge on any atom is 0.404 e. The van der Waals surface area contributed by atoms with Crippen molar-refractivity contribution in [2.24, 2.45) is 5.92 Å². The second-order valence-corrected chi connectivity index (χ2v) is 6.60. The van der Waals surface area contributed by atoms with Gasteiger partial charge in [0.25, 0.3) is 0 Å². The van der Waals surface area contributed by atoms with Gasteiger partial charge < -0.3 is 9.05 Å². The second kappa shape index (κ2) is 7.22. The zero-order chi connectivity index (χ0) is 13.6. The molecule has 1 fully saturated rings. The molecule has 0 bridgehead atoms. The molecule has 0 aromatic rings. The summed E-state index contributed by atoms with van der Waals surface area (Å²) in [6.45, 7) is 3.66. The zero-order valence-electron chi connectivity index (χ0n) is 11.0. The van der Waals surface area contributed by atoms with Crippen molar-refractivity contribution in [2.45, 2.75) is 51.7 Å². The van der Waals surface area contributed by atoms with Gasteiger partial charge in [0.15, 0.2) is 0 Å². The van der Waals surface area contributed by atoms with E-state index in [-0.39, 0.29) is 19.1 Å². The first-order valence-electron chi connectivity index (χ1n) is 6.57. The van der Waals surface area contributed by atoms with Gasteiger partial charge >= 0.3 is 13.4 Å². The minimum Gasteiger partial charge on any atom is -0.304 e. The molecule has 106 valence electrons. The number of hydrogen-bond acceptors (Lipinski definition) is 5. The molecule has 1 rings (SSSR count). The van der Waals surface area contributed by atoms with Crippen LogP contribution in [0.3, 0.4) is 0 Å². The minimum absolute atomic E-state index is 0.161. The van der Waals surface area contributed by atoms with E-state index < -0.39 is 18.3 Å². The lowest BCUT2D eigenvalue weighted by Crippen LogP contribution is -2.32. The summed E-state index contributed by atoms with van der Waals surface area (Å²) in [6, 6.07) is 0. The van der Waals surface area contributed by atoms with Crippen molar-refractivity contribution in [1.29, 1.82) is 0 Å². The third-order valence-corrected chi connectivity index (χ3v) is 5.72. The van der Waals surface area contributed by atoms with Gasteiger partial charge in [0.05, 0.1) is 13.2 Å². The highest BCUT2D eigenvalue weighted by molar-refractivity contribution is 7.54. The van der Waals surface area contributed by atoms with E-state index in [1.54, 1.807) is 13.8 Å². The molecule has 1 aliphatic rings. The summed E-state index contributed by atoms with van der Waals surface area (Å²) in [4.78, 5) is 10.8. The lowest BCUT2D eigenvalue weighted by atomic mass is 9.89. The average molecular weight is 279 g/mol. The number of nitrogens with zero attached hydrogens (tertiary/aromatic N) is 1. The van der Waals surface area contributed by atoms with Crippen molar-refractivity contribution in [2.75, 3.05) is 13.2 Å². The van der Waals surface area contributed by atoms with Crippen LogP contribution in [0.15, 0.2) is 0 Å². The Kier molecular flexibility index (Phi) is 6.26. The maximum absolute atomic E-state index is 12.6. The van der Waals surface area contributed by atoms with E-state index in [9.17, 15) is 14.7 Å². The van der Waals surface area contributed by atoms with Gasteiger partial charge in [0, 0.05) is 10.8 Å². The third-order valence-electron chi connectivity index (χ3n) is 3.23. The molecule has 18 heavy (non-hydrogen) atoms. The highest BCUT2D eigenvalue weighted by atomic mass is 31.2. The monoisotopic (exact) mass is 279 g/mol. The molecular formula is C11H22NO5P. The quantitative estimate of drug-likeness (QED) is 0.405. The Balaban J connectivity index is 2.92. The summed E-state index contributed by atoms with van der Waals surface area (Å²) in [5, 5.41) is 11.3. The largest absolute Gasteiger partial charge is 0.404 e. The molecular weight excluding hydrogens is 257 g/mol. The molecule has 1 atom stereocenters. The van der Waals surface area contributed by atoms with E-state index in [4.69, 9.17) is 9.05 Å². The Morgan fingerprint density at radius 2 is 1.72 bits per heavy atom. The Bertz CT molecular complexity index is 307. The van der Waals surface area contributed by atoms with E-state index in [0.29, 0.717) is 0 Å². The van der Waals surface area contributed by atoms with Crippen LogP contribution in [0.2, 0.25) is 0 Å². The Labute approximate surface area is 108 Å². The van der Waals surface area contributed by atoms with Crippen molar-refractivity contribution in [3.63, 3.8) is 0 Å². The first-order chi connectivity index (χ1) is 8.55. The first kappa shape index (κ1) is 15.6. The van der Waals surface area contributed by atoms with E-state index >= 15 is 0 Å². The summed E-state index contributed by atoms with van der Waals surface area (Å²) in [7, 11) is -3.65. The van der Waals surface area contributed by atoms with Crippen molar-refractivity contribution in [3.05, 3.63) is 10.1 Å². The molecule has 0 aliphatic heterocycles. The van der Waals surface area contributed by atoms with E-state index in [1.807, 2.05) is 0 Å². The number of rotatable bonds is 7. The van der Waals surface area contributed by atoms with Gasteiger partial charge in [-0.2, -0.15) is 0 Å². The van der Waals surface area contributed by atoms with E-state index in [2.05, 4.69) is 0 Å². The fraction of sp³-hybridized carbons (Fsp3) is 1.00. The predicted molar refractivity (Wildman–Crippen MR) is 68.2 cm³/mol. The third kappa shape index (κ3) is 3.77. The Morgan fingerprint density at radius 3 is 2.11 bits per heavy atom. The van der Waals surface area contributed by atoms with Crippen LogP contribution in [0.1, 0.15) is 46.0 Å².